The van der Waals surface area contributed by atoms with E-state index in [1.54, 1.807) is 0 Å². The molecule has 1 aliphatic rings. The lowest BCUT2D eigenvalue weighted by Crippen LogP contribution is -2.47. The first-order chi connectivity index (χ1) is 12.3. The van der Waals surface area contributed by atoms with Crippen molar-refractivity contribution >= 4 is 27.8 Å². The third kappa shape index (κ3) is 6.01. The van der Waals surface area contributed by atoms with E-state index in [1.165, 1.54) is 5.56 Å². The van der Waals surface area contributed by atoms with Gasteiger partial charge in [-0.3, -0.25) is 9.79 Å². The molecule has 1 amide bonds. The highest BCUT2D eigenvalue weighted by molar-refractivity contribution is 9.10. The third-order valence-electron chi connectivity index (χ3n) is 4.87. The minimum atomic E-state index is -0.213. The van der Waals surface area contributed by atoms with Crippen LogP contribution < -0.4 is 11.1 Å². The third-order valence-corrected chi connectivity index (χ3v) is 5.37. The second kappa shape index (κ2) is 9.40. The molecule has 2 rings (SSSR count). The number of carbonyl (C=O) groups excluding carboxylic acids is 1. The number of hydrogen-bond donors (Lipinski definition) is 2. The Morgan fingerprint density at radius 3 is 2.88 bits per heavy atom. The minimum absolute atomic E-state index is 0.0626. The van der Waals surface area contributed by atoms with Gasteiger partial charge in [0.1, 0.15) is 0 Å². The number of benzene rings is 1. The maximum atomic E-state index is 11.3. The normalized spacial score (nSPS) is 18.7. The van der Waals surface area contributed by atoms with E-state index in [0.717, 1.165) is 42.9 Å². The zero-order valence-electron chi connectivity index (χ0n) is 16.1. The summed E-state index contributed by atoms with van der Waals surface area (Å²) in [6.45, 7) is 9.85. The predicted molar refractivity (Wildman–Crippen MR) is 111 cm³/mol. The van der Waals surface area contributed by atoms with Crippen molar-refractivity contribution < 1.29 is 4.79 Å². The largest absolute Gasteiger partial charge is 0.370 e. The van der Waals surface area contributed by atoms with Gasteiger partial charge in [-0.1, -0.05) is 41.9 Å². The number of rotatable bonds is 6. The molecule has 0 bridgehead atoms. The number of nitrogens with two attached hydrogens (primary N) is 1. The molecule has 6 heteroatoms. The zero-order valence-corrected chi connectivity index (χ0v) is 17.7. The predicted octanol–water partition coefficient (Wildman–Crippen LogP) is 3.28. The Morgan fingerprint density at radius 2 is 2.23 bits per heavy atom. The highest BCUT2D eigenvalue weighted by Crippen LogP contribution is 2.26. The number of amides is 1. The molecule has 0 saturated carbocycles. The molecule has 1 atom stereocenters. The van der Waals surface area contributed by atoms with E-state index in [-0.39, 0.29) is 11.3 Å². The fourth-order valence-corrected chi connectivity index (χ4v) is 3.81. The molecule has 3 N–H and O–H groups in total. The molecule has 1 unspecified atom stereocenters. The van der Waals surface area contributed by atoms with Gasteiger partial charge in [0.05, 0.1) is 6.54 Å². The van der Waals surface area contributed by atoms with Gasteiger partial charge in [0, 0.05) is 35.9 Å². The zero-order chi connectivity index (χ0) is 19.2. The van der Waals surface area contributed by atoms with Crippen molar-refractivity contribution in [2.45, 2.75) is 45.4 Å². The number of hydrogen-bond acceptors (Lipinski definition) is 2. The van der Waals surface area contributed by atoms with Crippen molar-refractivity contribution in [2.75, 3.05) is 26.2 Å². The highest BCUT2D eigenvalue weighted by atomic mass is 79.9. The summed E-state index contributed by atoms with van der Waals surface area (Å²) in [5.41, 5.74) is 6.59. The molecule has 1 aromatic carbocycles. The number of nitrogens with zero attached hydrogens (tertiary/aromatic N) is 2. The summed E-state index contributed by atoms with van der Waals surface area (Å²) in [5.74, 6) is 1.04. The number of nitrogens with one attached hydrogen (secondary N) is 1. The summed E-state index contributed by atoms with van der Waals surface area (Å²) in [6, 6.07) is 8.41. The van der Waals surface area contributed by atoms with Crippen LogP contribution in [0, 0.1) is 5.92 Å². The van der Waals surface area contributed by atoms with Crippen molar-refractivity contribution in [1.29, 1.82) is 0 Å². The summed E-state index contributed by atoms with van der Waals surface area (Å²) in [4.78, 5) is 18.5. The summed E-state index contributed by atoms with van der Waals surface area (Å²) in [6.07, 6.45) is 2.58. The Hall–Kier alpha value is -1.56. The molecule has 0 radical (unpaired) electrons. The number of primary amides is 1. The van der Waals surface area contributed by atoms with Crippen molar-refractivity contribution in [3.8, 4) is 0 Å². The standard InChI is InChI=1S/C20H31BrN4O/c1-4-23-19(25-10-6-7-15(13-25)11-18(22)26)24-14-20(2,3)16-8-5-9-17(21)12-16/h5,8-9,12,15H,4,6-7,10-11,13-14H2,1-3H3,(H2,22,26)(H,23,24). The number of halogens is 1. The Morgan fingerprint density at radius 1 is 1.46 bits per heavy atom. The highest BCUT2D eigenvalue weighted by Gasteiger charge is 2.25. The van der Waals surface area contributed by atoms with Crippen molar-refractivity contribution in [3.05, 3.63) is 34.3 Å². The number of likely N-dealkylation sites (tertiary alicyclic amines) is 1. The maximum Gasteiger partial charge on any atom is 0.217 e. The van der Waals surface area contributed by atoms with E-state index in [4.69, 9.17) is 10.7 Å². The average Bonchev–Trinajstić information content (AvgIpc) is 2.58. The summed E-state index contributed by atoms with van der Waals surface area (Å²) in [5, 5.41) is 3.41. The minimum Gasteiger partial charge on any atom is -0.370 e. The van der Waals surface area contributed by atoms with E-state index < -0.39 is 0 Å². The van der Waals surface area contributed by atoms with Gasteiger partial charge >= 0.3 is 0 Å². The van der Waals surface area contributed by atoms with Crippen molar-refractivity contribution in [2.24, 2.45) is 16.6 Å². The van der Waals surface area contributed by atoms with Crippen LogP contribution in [0.1, 0.15) is 45.6 Å². The van der Waals surface area contributed by atoms with Gasteiger partial charge in [0.25, 0.3) is 0 Å². The molecule has 1 heterocycles. The van der Waals surface area contributed by atoms with Crippen LogP contribution in [0.3, 0.4) is 0 Å². The summed E-state index contributed by atoms with van der Waals surface area (Å²) in [7, 11) is 0. The molecule has 0 spiro atoms. The molecule has 5 nitrogen and oxygen atoms in total. The van der Waals surface area contributed by atoms with Crippen LogP contribution in [-0.2, 0) is 10.2 Å². The lowest BCUT2D eigenvalue weighted by Gasteiger charge is -2.35. The van der Waals surface area contributed by atoms with Gasteiger partial charge in [-0.2, -0.15) is 0 Å². The number of carbonyl (C=O) groups is 1. The number of guanidine groups is 1. The van der Waals surface area contributed by atoms with Crippen LogP contribution in [0.5, 0.6) is 0 Å². The SMILES string of the molecule is CCNC(=NCC(C)(C)c1cccc(Br)c1)N1CCCC(CC(N)=O)C1. The first kappa shape index (κ1) is 20.7. The van der Waals surface area contributed by atoms with Gasteiger partial charge in [-0.05, 0) is 43.4 Å². The van der Waals surface area contributed by atoms with Gasteiger partial charge in [-0.15, -0.1) is 0 Å². The number of piperidine rings is 1. The van der Waals surface area contributed by atoms with Crippen LogP contribution in [-0.4, -0.2) is 42.9 Å². The summed E-state index contributed by atoms with van der Waals surface area (Å²) >= 11 is 3.55. The summed E-state index contributed by atoms with van der Waals surface area (Å²) < 4.78 is 1.09. The molecular formula is C20H31BrN4O. The number of aliphatic imine (C=N–C) groups is 1. The van der Waals surface area contributed by atoms with E-state index in [9.17, 15) is 4.79 Å². The van der Waals surface area contributed by atoms with Gasteiger partial charge in [-0.25, -0.2) is 0 Å². The Kier molecular flexibility index (Phi) is 7.50. The van der Waals surface area contributed by atoms with E-state index in [0.29, 0.717) is 18.9 Å². The Balaban J connectivity index is 2.11. The average molecular weight is 423 g/mol. The molecular weight excluding hydrogens is 392 g/mol. The lowest BCUT2D eigenvalue weighted by molar-refractivity contribution is -0.119. The van der Waals surface area contributed by atoms with E-state index in [2.05, 4.69) is 65.1 Å². The fraction of sp³-hybridized carbons (Fsp3) is 0.600. The quantitative estimate of drug-likeness (QED) is 0.545. The van der Waals surface area contributed by atoms with Crippen LogP contribution in [0.4, 0.5) is 0 Å². The van der Waals surface area contributed by atoms with Crippen LogP contribution in [0.15, 0.2) is 33.7 Å². The van der Waals surface area contributed by atoms with E-state index >= 15 is 0 Å². The molecule has 1 aliphatic heterocycles. The molecule has 0 aromatic heterocycles. The van der Waals surface area contributed by atoms with Gasteiger partial charge in [0.15, 0.2) is 5.96 Å². The second-order valence-electron chi connectivity index (χ2n) is 7.69. The fourth-order valence-electron chi connectivity index (χ4n) is 3.41. The second-order valence-corrected chi connectivity index (χ2v) is 8.60. The van der Waals surface area contributed by atoms with Gasteiger partial charge < -0.3 is 16.0 Å². The van der Waals surface area contributed by atoms with Crippen LogP contribution in [0.2, 0.25) is 0 Å². The maximum absolute atomic E-state index is 11.3. The van der Waals surface area contributed by atoms with Crippen molar-refractivity contribution in [3.63, 3.8) is 0 Å². The van der Waals surface area contributed by atoms with Crippen LogP contribution in [0.25, 0.3) is 0 Å². The topological polar surface area (TPSA) is 70.7 Å². The molecule has 1 saturated heterocycles. The Bertz CT molecular complexity index is 644. The van der Waals surface area contributed by atoms with Crippen molar-refractivity contribution in [1.82, 2.24) is 10.2 Å². The van der Waals surface area contributed by atoms with Crippen LogP contribution >= 0.6 is 15.9 Å². The molecule has 1 aromatic rings. The van der Waals surface area contributed by atoms with E-state index in [1.807, 2.05) is 6.07 Å². The monoisotopic (exact) mass is 422 g/mol. The Labute approximate surface area is 165 Å². The first-order valence-electron chi connectivity index (χ1n) is 9.39. The smallest absolute Gasteiger partial charge is 0.217 e. The van der Waals surface area contributed by atoms with Gasteiger partial charge in [0.2, 0.25) is 5.91 Å². The molecule has 1 fully saturated rings. The molecule has 0 aliphatic carbocycles. The lowest BCUT2D eigenvalue weighted by atomic mass is 9.85. The first-order valence-corrected chi connectivity index (χ1v) is 10.2. The molecule has 26 heavy (non-hydrogen) atoms. The molecule has 144 valence electrons.